The summed E-state index contributed by atoms with van der Waals surface area (Å²) in [4.78, 5) is 4.39. The number of pyridine rings is 1. The van der Waals surface area contributed by atoms with Crippen LogP contribution in [0, 0.1) is 0 Å². The average molecular weight is 317 g/mol. The van der Waals surface area contributed by atoms with Crippen LogP contribution in [0.1, 0.15) is 17.4 Å². The predicted octanol–water partition coefficient (Wildman–Crippen LogP) is 3.90. The Kier molecular flexibility index (Phi) is 3.36. The van der Waals surface area contributed by atoms with Crippen molar-refractivity contribution in [2.75, 3.05) is 7.05 Å². The largest absolute Gasteiger partial charge is 0.452 e. The highest BCUT2D eigenvalue weighted by molar-refractivity contribution is 9.10. The van der Waals surface area contributed by atoms with E-state index in [-0.39, 0.29) is 6.04 Å². The molecular formula is C15H13BrN2O. The number of furan rings is 1. The van der Waals surface area contributed by atoms with E-state index in [0.29, 0.717) is 0 Å². The first kappa shape index (κ1) is 12.4. The van der Waals surface area contributed by atoms with E-state index >= 15 is 0 Å². The summed E-state index contributed by atoms with van der Waals surface area (Å²) >= 11 is 3.34. The normalized spacial score (nSPS) is 12.7. The van der Waals surface area contributed by atoms with Crippen LogP contribution >= 0.6 is 15.9 Å². The van der Waals surface area contributed by atoms with Crippen molar-refractivity contribution in [3.8, 4) is 0 Å². The van der Waals surface area contributed by atoms with E-state index in [9.17, 15) is 0 Å². The summed E-state index contributed by atoms with van der Waals surface area (Å²) in [6.07, 6.45) is 1.81. The molecule has 96 valence electrons. The number of hydrogen-bond acceptors (Lipinski definition) is 3. The van der Waals surface area contributed by atoms with Crippen molar-refractivity contribution in [2.45, 2.75) is 6.04 Å². The predicted molar refractivity (Wildman–Crippen MR) is 79.1 cm³/mol. The number of benzene rings is 1. The first-order chi connectivity index (χ1) is 9.28. The van der Waals surface area contributed by atoms with Crippen molar-refractivity contribution in [2.24, 2.45) is 0 Å². The highest BCUT2D eigenvalue weighted by Gasteiger charge is 2.16. The fourth-order valence-electron chi connectivity index (χ4n) is 2.22. The molecule has 0 aliphatic rings. The molecule has 0 radical (unpaired) electrons. The van der Waals surface area contributed by atoms with Crippen molar-refractivity contribution in [1.29, 1.82) is 0 Å². The Morgan fingerprint density at radius 3 is 2.84 bits per heavy atom. The molecule has 1 unspecified atom stereocenters. The van der Waals surface area contributed by atoms with Crippen molar-refractivity contribution in [3.05, 3.63) is 64.7 Å². The van der Waals surface area contributed by atoms with Crippen molar-refractivity contribution in [3.63, 3.8) is 0 Å². The van der Waals surface area contributed by atoms with E-state index in [4.69, 9.17) is 4.42 Å². The zero-order chi connectivity index (χ0) is 13.2. The van der Waals surface area contributed by atoms with Crippen molar-refractivity contribution >= 4 is 26.8 Å². The number of rotatable bonds is 3. The lowest BCUT2D eigenvalue weighted by Crippen LogP contribution is -2.16. The number of aromatic nitrogens is 1. The van der Waals surface area contributed by atoms with Gasteiger partial charge >= 0.3 is 0 Å². The standard InChI is InChI=1S/C15H13BrN2O/c1-17-15(13-6-7-14(16)19-13)11-5-4-10-3-2-8-18-12(10)9-11/h2-9,15,17H,1H3. The van der Waals surface area contributed by atoms with Crippen LogP contribution in [0.15, 0.2) is 57.7 Å². The highest BCUT2D eigenvalue weighted by atomic mass is 79.9. The molecule has 0 spiro atoms. The quantitative estimate of drug-likeness (QED) is 0.796. The molecule has 3 aromatic rings. The van der Waals surface area contributed by atoms with Gasteiger partial charge in [0.15, 0.2) is 4.67 Å². The molecule has 1 N–H and O–H groups in total. The fourth-order valence-corrected chi connectivity index (χ4v) is 2.54. The van der Waals surface area contributed by atoms with Crippen LogP contribution in [-0.4, -0.2) is 12.0 Å². The van der Waals surface area contributed by atoms with Crippen LogP contribution in [0.4, 0.5) is 0 Å². The third-order valence-electron chi connectivity index (χ3n) is 3.13. The molecule has 3 rings (SSSR count). The molecule has 3 nitrogen and oxygen atoms in total. The van der Waals surface area contributed by atoms with E-state index in [1.165, 1.54) is 0 Å². The molecule has 1 atom stereocenters. The van der Waals surface area contributed by atoms with Crippen LogP contribution in [0.2, 0.25) is 0 Å². The smallest absolute Gasteiger partial charge is 0.169 e. The van der Waals surface area contributed by atoms with Gasteiger partial charge < -0.3 is 9.73 Å². The van der Waals surface area contributed by atoms with Gasteiger partial charge in [0.1, 0.15) is 5.76 Å². The SMILES string of the molecule is CNC(c1ccc2cccnc2c1)c1ccc(Br)o1. The van der Waals surface area contributed by atoms with Gasteiger partial charge in [-0.1, -0.05) is 18.2 Å². The third-order valence-corrected chi connectivity index (χ3v) is 3.56. The summed E-state index contributed by atoms with van der Waals surface area (Å²) in [6, 6.07) is 14.2. The first-order valence-electron chi connectivity index (χ1n) is 6.05. The molecule has 0 fully saturated rings. The van der Waals surface area contributed by atoms with Gasteiger partial charge in [-0.3, -0.25) is 4.98 Å². The van der Waals surface area contributed by atoms with Gasteiger partial charge in [0, 0.05) is 11.6 Å². The third kappa shape index (κ3) is 2.41. The summed E-state index contributed by atoms with van der Waals surface area (Å²) in [5.74, 6) is 0.879. The fraction of sp³-hybridized carbons (Fsp3) is 0.133. The Labute approximate surface area is 119 Å². The van der Waals surface area contributed by atoms with E-state index in [2.05, 4.69) is 50.5 Å². The van der Waals surface area contributed by atoms with Crippen LogP contribution < -0.4 is 5.32 Å². The molecule has 0 saturated heterocycles. The van der Waals surface area contributed by atoms with Gasteiger partial charge in [0.05, 0.1) is 11.6 Å². The number of fused-ring (bicyclic) bond motifs is 1. The molecule has 0 aliphatic carbocycles. The summed E-state index contributed by atoms with van der Waals surface area (Å²) in [7, 11) is 1.92. The average Bonchev–Trinajstić information content (AvgIpc) is 2.86. The Hall–Kier alpha value is -1.65. The lowest BCUT2D eigenvalue weighted by molar-refractivity contribution is 0.447. The molecule has 2 heterocycles. The lowest BCUT2D eigenvalue weighted by Gasteiger charge is -2.14. The summed E-state index contributed by atoms with van der Waals surface area (Å²) in [5.41, 5.74) is 2.13. The second kappa shape index (κ2) is 5.15. The van der Waals surface area contributed by atoms with E-state index in [1.807, 2.05) is 31.4 Å². The second-order valence-electron chi connectivity index (χ2n) is 4.32. The van der Waals surface area contributed by atoms with Gasteiger partial charge in [0.25, 0.3) is 0 Å². The van der Waals surface area contributed by atoms with Gasteiger partial charge in [-0.2, -0.15) is 0 Å². The summed E-state index contributed by atoms with van der Waals surface area (Å²) in [5, 5.41) is 4.41. The second-order valence-corrected chi connectivity index (χ2v) is 5.10. The first-order valence-corrected chi connectivity index (χ1v) is 6.84. The highest BCUT2D eigenvalue weighted by Crippen LogP contribution is 2.27. The zero-order valence-electron chi connectivity index (χ0n) is 10.4. The van der Waals surface area contributed by atoms with Crippen LogP contribution in [0.5, 0.6) is 0 Å². The molecule has 0 saturated carbocycles. The Morgan fingerprint density at radius 2 is 2.11 bits per heavy atom. The van der Waals surface area contributed by atoms with E-state index in [0.717, 1.165) is 26.9 Å². The van der Waals surface area contributed by atoms with Gasteiger partial charge in [-0.05, 0) is 52.8 Å². The maximum Gasteiger partial charge on any atom is 0.169 e. The van der Waals surface area contributed by atoms with Crippen LogP contribution in [0.25, 0.3) is 10.9 Å². The minimum atomic E-state index is 0.0257. The van der Waals surface area contributed by atoms with Gasteiger partial charge in [-0.15, -0.1) is 0 Å². The molecule has 0 amide bonds. The number of halogens is 1. The maximum atomic E-state index is 5.64. The van der Waals surface area contributed by atoms with Crippen LogP contribution in [0.3, 0.4) is 0 Å². The monoisotopic (exact) mass is 316 g/mol. The molecule has 0 bridgehead atoms. The summed E-state index contributed by atoms with van der Waals surface area (Å²) < 4.78 is 6.37. The van der Waals surface area contributed by atoms with Crippen molar-refractivity contribution < 1.29 is 4.42 Å². The lowest BCUT2D eigenvalue weighted by atomic mass is 10.0. The zero-order valence-corrected chi connectivity index (χ0v) is 12.0. The molecular weight excluding hydrogens is 304 g/mol. The van der Waals surface area contributed by atoms with E-state index < -0.39 is 0 Å². The molecule has 0 aliphatic heterocycles. The number of hydrogen-bond donors (Lipinski definition) is 1. The Bertz CT molecular complexity index is 708. The molecule has 19 heavy (non-hydrogen) atoms. The topological polar surface area (TPSA) is 38.1 Å². The minimum absolute atomic E-state index is 0.0257. The van der Waals surface area contributed by atoms with Crippen molar-refractivity contribution in [1.82, 2.24) is 10.3 Å². The number of nitrogens with one attached hydrogen (secondary N) is 1. The van der Waals surface area contributed by atoms with E-state index in [1.54, 1.807) is 0 Å². The summed E-state index contributed by atoms with van der Waals surface area (Å²) in [6.45, 7) is 0. The Morgan fingerprint density at radius 1 is 1.21 bits per heavy atom. The molecule has 4 heteroatoms. The maximum absolute atomic E-state index is 5.64. The van der Waals surface area contributed by atoms with Crippen LogP contribution in [-0.2, 0) is 0 Å². The molecule has 2 aromatic heterocycles. The van der Waals surface area contributed by atoms with Gasteiger partial charge in [-0.25, -0.2) is 0 Å². The minimum Gasteiger partial charge on any atom is -0.452 e. The van der Waals surface area contributed by atoms with Gasteiger partial charge in [0.2, 0.25) is 0 Å². The molecule has 1 aromatic carbocycles. The Balaban J connectivity index is 2.06. The number of nitrogens with zero attached hydrogens (tertiary/aromatic N) is 1.